The second kappa shape index (κ2) is 6.87. The molecule has 0 radical (unpaired) electrons. The highest BCUT2D eigenvalue weighted by Gasteiger charge is 2.14. The topological polar surface area (TPSA) is 26.0 Å². The smallest absolute Gasteiger partial charge is 0.142 e. The summed E-state index contributed by atoms with van der Waals surface area (Å²) in [6, 6.07) is 13.2. The number of aryl methyl sites for hydroxylation is 1. The van der Waals surface area contributed by atoms with E-state index in [2.05, 4.69) is 19.1 Å². The first-order chi connectivity index (χ1) is 9.61. The molecule has 106 valence electrons. The summed E-state index contributed by atoms with van der Waals surface area (Å²) < 4.78 is 13.5. The van der Waals surface area contributed by atoms with Crippen LogP contribution in [0.2, 0.25) is 5.02 Å². The van der Waals surface area contributed by atoms with Crippen molar-refractivity contribution in [3.05, 3.63) is 70.0 Å². The SMILES string of the molecule is Cc1ccccc1CC(CN)Cc1cccc(F)c1Cl. The van der Waals surface area contributed by atoms with E-state index >= 15 is 0 Å². The van der Waals surface area contributed by atoms with E-state index in [1.165, 1.54) is 17.2 Å². The lowest BCUT2D eigenvalue weighted by Gasteiger charge is -2.17. The number of rotatable bonds is 5. The zero-order chi connectivity index (χ0) is 14.5. The summed E-state index contributed by atoms with van der Waals surface area (Å²) in [6.07, 6.45) is 1.58. The van der Waals surface area contributed by atoms with Gasteiger partial charge < -0.3 is 5.73 Å². The minimum Gasteiger partial charge on any atom is -0.330 e. The molecule has 0 saturated carbocycles. The van der Waals surface area contributed by atoms with Gasteiger partial charge in [-0.15, -0.1) is 0 Å². The van der Waals surface area contributed by atoms with Gasteiger partial charge in [0.25, 0.3) is 0 Å². The second-order valence-electron chi connectivity index (χ2n) is 5.15. The predicted molar refractivity (Wildman–Crippen MR) is 82.5 cm³/mol. The van der Waals surface area contributed by atoms with Gasteiger partial charge in [0.15, 0.2) is 0 Å². The Morgan fingerprint density at radius 3 is 2.40 bits per heavy atom. The van der Waals surface area contributed by atoms with E-state index in [1.807, 2.05) is 18.2 Å². The predicted octanol–water partition coefficient (Wildman–Crippen LogP) is 4.15. The number of benzene rings is 2. The van der Waals surface area contributed by atoms with Gasteiger partial charge in [0.1, 0.15) is 5.82 Å². The molecule has 1 unspecified atom stereocenters. The van der Waals surface area contributed by atoms with Crippen LogP contribution in [0.3, 0.4) is 0 Å². The summed E-state index contributed by atoms with van der Waals surface area (Å²) in [5.41, 5.74) is 9.25. The number of nitrogens with two attached hydrogens (primary N) is 1. The Labute approximate surface area is 124 Å². The summed E-state index contributed by atoms with van der Waals surface area (Å²) in [6.45, 7) is 2.65. The van der Waals surface area contributed by atoms with Crippen LogP contribution in [0.25, 0.3) is 0 Å². The number of hydrogen-bond donors (Lipinski definition) is 1. The minimum absolute atomic E-state index is 0.218. The van der Waals surface area contributed by atoms with Gasteiger partial charge in [-0.25, -0.2) is 4.39 Å². The molecule has 0 amide bonds. The van der Waals surface area contributed by atoms with Crippen LogP contribution in [0.5, 0.6) is 0 Å². The van der Waals surface area contributed by atoms with E-state index in [4.69, 9.17) is 17.3 Å². The largest absolute Gasteiger partial charge is 0.330 e. The van der Waals surface area contributed by atoms with Crippen molar-refractivity contribution in [1.29, 1.82) is 0 Å². The molecule has 0 saturated heterocycles. The average Bonchev–Trinajstić information content (AvgIpc) is 2.45. The molecule has 2 aromatic carbocycles. The number of halogens is 2. The van der Waals surface area contributed by atoms with Crippen LogP contribution < -0.4 is 5.73 Å². The summed E-state index contributed by atoms with van der Waals surface area (Å²) in [4.78, 5) is 0. The van der Waals surface area contributed by atoms with Gasteiger partial charge in [0, 0.05) is 0 Å². The second-order valence-corrected chi connectivity index (χ2v) is 5.53. The molecule has 3 heteroatoms. The molecule has 0 aliphatic heterocycles. The highest BCUT2D eigenvalue weighted by atomic mass is 35.5. The highest BCUT2D eigenvalue weighted by Crippen LogP contribution is 2.24. The van der Waals surface area contributed by atoms with Crippen molar-refractivity contribution < 1.29 is 4.39 Å². The maximum atomic E-state index is 13.5. The van der Waals surface area contributed by atoms with Crippen LogP contribution in [-0.4, -0.2) is 6.54 Å². The van der Waals surface area contributed by atoms with Crippen molar-refractivity contribution >= 4 is 11.6 Å². The van der Waals surface area contributed by atoms with E-state index in [9.17, 15) is 4.39 Å². The lowest BCUT2D eigenvalue weighted by atomic mass is 9.91. The molecule has 20 heavy (non-hydrogen) atoms. The Morgan fingerprint density at radius 1 is 1.05 bits per heavy atom. The first-order valence-electron chi connectivity index (χ1n) is 6.79. The first kappa shape index (κ1) is 15.0. The van der Waals surface area contributed by atoms with Gasteiger partial charge in [0.2, 0.25) is 0 Å². The standard InChI is InChI=1S/C17H19ClFN/c1-12-5-2-3-6-14(12)9-13(11-20)10-15-7-4-8-16(19)17(15)18/h2-8,13H,9-11,20H2,1H3. The molecule has 0 aliphatic carbocycles. The molecule has 0 spiro atoms. The molecule has 0 bridgehead atoms. The molecule has 2 rings (SSSR count). The molecule has 0 aromatic heterocycles. The Morgan fingerprint density at radius 2 is 1.70 bits per heavy atom. The van der Waals surface area contributed by atoms with Crippen LogP contribution in [-0.2, 0) is 12.8 Å². The molecule has 1 nitrogen and oxygen atoms in total. The lowest BCUT2D eigenvalue weighted by molar-refractivity contribution is 0.529. The Balaban J connectivity index is 2.14. The maximum Gasteiger partial charge on any atom is 0.142 e. The summed E-state index contributed by atoms with van der Waals surface area (Å²) in [7, 11) is 0. The van der Waals surface area contributed by atoms with E-state index < -0.39 is 0 Å². The Kier molecular flexibility index (Phi) is 5.16. The maximum absolute atomic E-state index is 13.5. The van der Waals surface area contributed by atoms with Gasteiger partial charge in [-0.3, -0.25) is 0 Å². The van der Waals surface area contributed by atoms with Crippen molar-refractivity contribution in [2.24, 2.45) is 11.7 Å². The van der Waals surface area contributed by atoms with Crippen molar-refractivity contribution in [3.63, 3.8) is 0 Å². The van der Waals surface area contributed by atoms with Gasteiger partial charge in [-0.2, -0.15) is 0 Å². The molecule has 0 heterocycles. The fourth-order valence-electron chi connectivity index (χ4n) is 2.41. The van der Waals surface area contributed by atoms with Crippen molar-refractivity contribution in [1.82, 2.24) is 0 Å². The van der Waals surface area contributed by atoms with Crippen molar-refractivity contribution in [2.45, 2.75) is 19.8 Å². The molecule has 1 atom stereocenters. The Hall–Kier alpha value is -1.38. The zero-order valence-corrected chi connectivity index (χ0v) is 12.3. The van der Waals surface area contributed by atoms with E-state index in [0.29, 0.717) is 13.0 Å². The Bertz CT molecular complexity index is 583. The fraction of sp³-hybridized carbons (Fsp3) is 0.294. The normalized spacial score (nSPS) is 12.4. The third kappa shape index (κ3) is 3.59. The quantitative estimate of drug-likeness (QED) is 0.880. The highest BCUT2D eigenvalue weighted by molar-refractivity contribution is 6.31. The van der Waals surface area contributed by atoms with E-state index in [1.54, 1.807) is 6.07 Å². The van der Waals surface area contributed by atoms with Crippen LogP contribution in [0, 0.1) is 18.7 Å². The summed E-state index contributed by atoms with van der Waals surface area (Å²) in [5.74, 6) is -0.105. The van der Waals surface area contributed by atoms with Gasteiger partial charge in [-0.1, -0.05) is 48.0 Å². The van der Waals surface area contributed by atoms with Crippen LogP contribution in [0.15, 0.2) is 42.5 Å². The van der Waals surface area contributed by atoms with Gasteiger partial charge in [0.05, 0.1) is 5.02 Å². The molecular weight excluding hydrogens is 273 g/mol. The summed E-state index contributed by atoms with van der Waals surface area (Å²) >= 11 is 6.01. The third-order valence-electron chi connectivity index (χ3n) is 3.64. The fourth-order valence-corrected chi connectivity index (χ4v) is 2.61. The lowest BCUT2D eigenvalue weighted by Crippen LogP contribution is -2.20. The first-order valence-corrected chi connectivity index (χ1v) is 7.17. The minimum atomic E-state index is -0.365. The number of hydrogen-bond acceptors (Lipinski definition) is 1. The van der Waals surface area contributed by atoms with Crippen LogP contribution >= 0.6 is 11.6 Å². The van der Waals surface area contributed by atoms with Crippen molar-refractivity contribution in [3.8, 4) is 0 Å². The van der Waals surface area contributed by atoms with Crippen molar-refractivity contribution in [2.75, 3.05) is 6.54 Å². The van der Waals surface area contributed by atoms with E-state index in [-0.39, 0.29) is 16.8 Å². The third-order valence-corrected chi connectivity index (χ3v) is 4.07. The molecule has 0 aliphatic rings. The molecule has 0 fully saturated rings. The van der Waals surface area contributed by atoms with Gasteiger partial charge >= 0.3 is 0 Å². The van der Waals surface area contributed by atoms with Crippen LogP contribution in [0.4, 0.5) is 4.39 Å². The zero-order valence-electron chi connectivity index (χ0n) is 11.6. The molecular formula is C17H19ClFN. The van der Waals surface area contributed by atoms with Gasteiger partial charge in [-0.05, 0) is 55.0 Å². The molecule has 2 N–H and O–H groups in total. The average molecular weight is 292 g/mol. The van der Waals surface area contributed by atoms with E-state index in [0.717, 1.165) is 12.0 Å². The molecule has 2 aromatic rings. The van der Waals surface area contributed by atoms with Crippen LogP contribution in [0.1, 0.15) is 16.7 Å². The monoisotopic (exact) mass is 291 g/mol. The summed E-state index contributed by atoms with van der Waals surface area (Å²) in [5, 5.41) is 0.218.